The Labute approximate surface area is 148 Å². The van der Waals surface area contributed by atoms with E-state index in [1.807, 2.05) is 20.0 Å². The van der Waals surface area contributed by atoms with E-state index in [4.69, 9.17) is 4.74 Å². The first-order valence-electron chi connectivity index (χ1n) is 8.28. The highest BCUT2D eigenvalue weighted by Gasteiger charge is 2.05. The molecule has 0 radical (unpaired) electrons. The fourth-order valence-corrected chi connectivity index (χ4v) is 2.98. The van der Waals surface area contributed by atoms with Gasteiger partial charge in [-0.25, -0.2) is 9.98 Å². The zero-order valence-electron chi connectivity index (χ0n) is 14.8. The van der Waals surface area contributed by atoms with Gasteiger partial charge in [-0.05, 0) is 39.3 Å². The molecule has 2 aromatic rings. The van der Waals surface area contributed by atoms with Crippen molar-refractivity contribution in [3.63, 3.8) is 0 Å². The quantitative estimate of drug-likeness (QED) is 0.596. The first kappa shape index (κ1) is 18.3. The summed E-state index contributed by atoms with van der Waals surface area (Å²) in [7, 11) is 0. The number of thiazole rings is 1. The van der Waals surface area contributed by atoms with E-state index in [0.29, 0.717) is 13.2 Å². The van der Waals surface area contributed by atoms with Crippen LogP contribution in [0.5, 0.6) is 5.75 Å². The van der Waals surface area contributed by atoms with Crippen LogP contribution < -0.4 is 15.4 Å². The van der Waals surface area contributed by atoms with Crippen LogP contribution in [0.15, 0.2) is 29.4 Å². The minimum absolute atomic E-state index is 0.576. The van der Waals surface area contributed by atoms with Gasteiger partial charge in [-0.2, -0.15) is 0 Å². The van der Waals surface area contributed by atoms with Crippen molar-refractivity contribution >= 4 is 17.3 Å². The van der Waals surface area contributed by atoms with Gasteiger partial charge in [0.1, 0.15) is 5.75 Å². The molecule has 1 aromatic heterocycles. The minimum atomic E-state index is 0.576. The Morgan fingerprint density at radius 1 is 1.25 bits per heavy atom. The lowest BCUT2D eigenvalue weighted by Gasteiger charge is -2.12. The molecule has 0 aliphatic rings. The molecular formula is C18H26N4OS. The number of aliphatic imine (C=N–C) groups is 1. The molecule has 2 rings (SSSR count). The van der Waals surface area contributed by atoms with Gasteiger partial charge in [-0.3, -0.25) is 0 Å². The maximum Gasteiger partial charge on any atom is 0.191 e. The fraction of sp³-hybridized carbons (Fsp3) is 0.444. The number of benzene rings is 1. The summed E-state index contributed by atoms with van der Waals surface area (Å²) in [5.41, 5.74) is 2.28. The Bertz CT molecular complexity index is 681. The van der Waals surface area contributed by atoms with E-state index in [1.165, 1.54) is 10.4 Å². The van der Waals surface area contributed by atoms with Crippen molar-refractivity contribution in [2.75, 3.05) is 13.2 Å². The molecule has 24 heavy (non-hydrogen) atoms. The maximum absolute atomic E-state index is 5.73. The monoisotopic (exact) mass is 346 g/mol. The molecular weight excluding hydrogens is 320 g/mol. The summed E-state index contributed by atoms with van der Waals surface area (Å²) in [5, 5.41) is 7.71. The molecule has 0 fully saturated rings. The third-order valence-electron chi connectivity index (χ3n) is 3.37. The third kappa shape index (κ3) is 5.53. The van der Waals surface area contributed by atoms with Crippen molar-refractivity contribution in [1.29, 1.82) is 0 Å². The Kier molecular flexibility index (Phi) is 7.06. The van der Waals surface area contributed by atoms with Crippen LogP contribution in [0.4, 0.5) is 0 Å². The van der Waals surface area contributed by atoms with Gasteiger partial charge >= 0.3 is 0 Å². The highest BCUT2D eigenvalue weighted by atomic mass is 32.1. The summed E-state index contributed by atoms with van der Waals surface area (Å²) in [5.74, 6) is 1.71. The summed E-state index contributed by atoms with van der Waals surface area (Å²) in [6, 6.07) is 6.24. The van der Waals surface area contributed by atoms with Crippen LogP contribution in [0.3, 0.4) is 0 Å². The van der Waals surface area contributed by atoms with Crippen LogP contribution in [-0.4, -0.2) is 24.1 Å². The molecule has 1 heterocycles. The molecule has 0 saturated heterocycles. The lowest BCUT2D eigenvalue weighted by molar-refractivity contribution is 0.336. The molecule has 0 aliphatic carbocycles. The van der Waals surface area contributed by atoms with Crippen LogP contribution in [0.2, 0.25) is 0 Å². The van der Waals surface area contributed by atoms with Gasteiger partial charge in [0, 0.05) is 23.2 Å². The van der Waals surface area contributed by atoms with E-state index in [-0.39, 0.29) is 0 Å². The Morgan fingerprint density at radius 3 is 2.75 bits per heavy atom. The van der Waals surface area contributed by atoms with Crippen LogP contribution >= 0.6 is 11.3 Å². The van der Waals surface area contributed by atoms with Gasteiger partial charge in [0.15, 0.2) is 5.96 Å². The van der Waals surface area contributed by atoms with Crippen LogP contribution in [0, 0.1) is 13.8 Å². The highest BCUT2D eigenvalue weighted by molar-refractivity contribution is 7.11. The molecule has 6 heteroatoms. The number of nitrogens with one attached hydrogen (secondary N) is 2. The van der Waals surface area contributed by atoms with E-state index < -0.39 is 0 Å². The topological polar surface area (TPSA) is 58.5 Å². The SMILES string of the molecule is CCNC(=NCc1ccc(C)cc1OCC)NCc1cnc(C)s1. The molecule has 0 saturated carbocycles. The predicted molar refractivity (Wildman–Crippen MR) is 101 cm³/mol. The molecule has 0 spiro atoms. The second-order valence-corrected chi connectivity index (χ2v) is 6.76. The molecule has 0 unspecified atom stereocenters. The Hall–Kier alpha value is -2.08. The fourth-order valence-electron chi connectivity index (χ4n) is 2.25. The van der Waals surface area contributed by atoms with Crippen LogP contribution in [0.25, 0.3) is 0 Å². The van der Waals surface area contributed by atoms with Crippen LogP contribution in [-0.2, 0) is 13.1 Å². The number of ether oxygens (including phenoxy) is 1. The van der Waals surface area contributed by atoms with Crippen molar-refractivity contribution in [3.05, 3.63) is 45.4 Å². The first-order valence-corrected chi connectivity index (χ1v) is 9.09. The predicted octanol–water partition coefficient (Wildman–Crippen LogP) is 3.41. The highest BCUT2D eigenvalue weighted by Crippen LogP contribution is 2.21. The summed E-state index contributed by atoms with van der Waals surface area (Å²) in [6.07, 6.45) is 1.91. The molecule has 0 bridgehead atoms. The van der Waals surface area contributed by atoms with Gasteiger partial charge < -0.3 is 15.4 Å². The zero-order valence-corrected chi connectivity index (χ0v) is 15.7. The summed E-state index contributed by atoms with van der Waals surface area (Å²) in [4.78, 5) is 10.2. The van der Waals surface area contributed by atoms with Gasteiger partial charge in [0.25, 0.3) is 0 Å². The van der Waals surface area contributed by atoms with Crippen molar-refractivity contribution in [2.45, 2.75) is 40.8 Å². The second-order valence-electron chi connectivity index (χ2n) is 5.44. The second kappa shape index (κ2) is 9.27. The molecule has 0 amide bonds. The lowest BCUT2D eigenvalue weighted by atomic mass is 10.1. The third-order valence-corrected chi connectivity index (χ3v) is 4.29. The average Bonchev–Trinajstić information content (AvgIpc) is 2.97. The van der Waals surface area contributed by atoms with E-state index in [0.717, 1.165) is 35.4 Å². The number of nitrogens with zero attached hydrogens (tertiary/aromatic N) is 2. The van der Waals surface area contributed by atoms with Crippen molar-refractivity contribution < 1.29 is 4.74 Å². The smallest absolute Gasteiger partial charge is 0.191 e. The van der Waals surface area contributed by atoms with Crippen molar-refractivity contribution in [1.82, 2.24) is 15.6 Å². The van der Waals surface area contributed by atoms with E-state index in [1.54, 1.807) is 11.3 Å². The maximum atomic E-state index is 5.73. The number of aromatic nitrogens is 1. The number of hydrogen-bond acceptors (Lipinski definition) is 4. The van der Waals surface area contributed by atoms with E-state index in [9.17, 15) is 0 Å². The standard InChI is InChI=1S/C18H26N4OS/c1-5-19-18(22-12-16-11-20-14(4)24-16)21-10-15-8-7-13(3)9-17(15)23-6-2/h7-9,11H,5-6,10,12H2,1-4H3,(H2,19,21,22). The molecule has 2 N–H and O–H groups in total. The molecule has 5 nitrogen and oxygen atoms in total. The summed E-state index contributed by atoms with van der Waals surface area (Å²) in [6.45, 7) is 10.9. The first-order chi connectivity index (χ1) is 11.6. The Morgan fingerprint density at radius 2 is 2.08 bits per heavy atom. The van der Waals surface area contributed by atoms with Gasteiger partial charge in [-0.15, -0.1) is 11.3 Å². The van der Waals surface area contributed by atoms with Gasteiger partial charge in [-0.1, -0.05) is 12.1 Å². The largest absolute Gasteiger partial charge is 0.494 e. The molecule has 130 valence electrons. The minimum Gasteiger partial charge on any atom is -0.494 e. The van der Waals surface area contributed by atoms with Gasteiger partial charge in [0.05, 0.1) is 24.7 Å². The summed E-state index contributed by atoms with van der Waals surface area (Å²) >= 11 is 1.70. The Balaban J connectivity index is 2.04. The van der Waals surface area contributed by atoms with E-state index in [2.05, 4.69) is 52.7 Å². The number of rotatable bonds is 7. The number of hydrogen-bond donors (Lipinski definition) is 2. The normalized spacial score (nSPS) is 11.4. The van der Waals surface area contributed by atoms with Gasteiger partial charge in [0.2, 0.25) is 0 Å². The number of guanidine groups is 1. The zero-order chi connectivity index (χ0) is 17.4. The van der Waals surface area contributed by atoms with Crippen molar-refractivity contribution in [2.24, 2.45) is 4.99 Å². The molecule has 0 atom stereocenters. The van der Waals surface area contributed by atoms with E-state index >= 15 is 0 Å². The van der Waals surface area contributed by atoms with Crippen molar-refractivity contribution in [3.8, 4) is 5.75 Å². The molecule has 0 aliphatic heterocycles. The average molecular weight is 347 g/mol. The lowest BCUT2D eigenvalue weighted by Crippen LogP contribution is -2.36. The summed E-state index contributed by atoms with van der Waals surface area (Å²) < 4.78 is 5.73. The molecule has 1 aromatic carbocycles. The van der Waals surface area contributed by atoms with Crippen LogP contribution in [0.1, 0.15) is 34.9 Å². The number of aryl methyl sites for hydroxylation is 2.